The van der Waals surface area contributed by atoms with Crippen molar-refractivity contribution in [2.75, 3.05) is 6.61 Å². The van der Waals surface area contributed by atoms with E-state index in [1.807, 2.05) is 0 Å². The highest BCUT2D eigenvalue weighted by Gasteiger charge is 2.48. The minimum atomic E-state index is -3.25. The lowest BCUT2D eigenvalue weighted by molar-refractivity contribution is -0.181. The fraction of sp³-hybridized carbons (Fsp3) is 0.667. The Kier molecular flexibility index (Phi) is 3.76. The van der Waals surface area contributed by atoms with Crippen molar-refractivity contribution < 1.29 is 23.4 Å². The Morgan fingerprint density at radius 2 is 1.93 bits per heavy atom. The van der Waals surface area contributed by atoms with Gasteiger partial charge in [-0.2, -0.15) is 8.78 Å². The van der Waals surface area contributed by atoms with Gasteiger partial charge in [-0.15, -0.1) is 0 Å². The number of alkyl halides is 2. The molecule has 0 saturated carbocycles. The van der Waals surface area contributed by atoms with E-state index >= 15 is 0 Å². The van der Waals surface area contributed by atoms with Gasteiger partial charge >= 0.3 is 5.97 Å². The van der Waals surface area contributed by atoms with Crippen molar-refractivity contribution in [2.24, 2.45) is 0 Å². The third kappa shape index (κ3) is 2.77. The van der Waals surface area contributed by atoms with Crippen LogP contribution in [-0.2, 0) is 9.53 Å². The third-order valence-electron chi connectivity index (χ3n) is 1.85. The van der Waals surface area contributed by atoms with Gasteiger partial charge in [0, 0.05) is 0 Å². The Morgan fingerprint density at radius 3 is 2.21 bits per heavy atom. The van der Waals surface area contributed by atoms with E-state index in [9.17, 15) is 13.6 Å². The number of carboxylic acids is 1. The topological polar surface area (TPSA) is 46.5 Å². The van der Waals surface area contributed by atoms with E-state index in [-0.39, 0.29) is 5.57 Å². The predicted molar refractivity (Wildman–Crippen MR) is 47.4 cm³/mol. The maximum absolute atomic E-state index is 13.4. The molecule has 0 unspecified atom stereocenters. The molecule has 0 aromatic heterocycles. The van der Waals surface area contributed by atoms with E-state index in [0.29, 0.717) is 0 Å². The fourth-order valence-electron chi connectivity index (χ4n) is 0.847. The minimum absolute atomic E-state index is 0.354. The van der Waals surface area contributed by atoms with Crippen LogP contribution in [0.4, 0.5) is 8.78 Å². The second kappa shape index (κ2) is 4.04. The molecule has 0 aromatic carbocycles. The molecule has 0 aliphatic carbocycles. The Hall–Kier alpha value is -0.970. The number of hydrogen-bond acceptors (Lipinski definition) is 2. The summed E-state index contributed by atoms with van der Waals surface area (Å²) in [6, 6.07) is 0. The van der Waals surface area contributed by atoms with Gasteiger partial charge < -0.3 is 9.84 Å². The van der Waals surface area contributed by atoms with E-state index in [4.69, 9.17) is 5.11 Å². The molecule has 0 heterocycles. The lowest BCUT2D eigenvalue weighted by Gasteiger charge is -2.33. The van der Waals surface area contributed by atoms with Crippen LogP contribution in [0.15, 0.2) is 12.2 Å². The average molecular weight is 208 g/mol. The number of hydrogen-bond donors (Lipinski definition) is 1. The number of rotatable bonds is 5. The average Bonchev–Trinajstić information content (AvgIpc) is 2.00. The molecule has 3 nitrogen and oxygen atoms in total. The molecule has 0 aliphatic heterocycles. The zero-order valence-electron chi connectivity index (χ0n) is 8.43. The van der Waals surface area contributed by atoms with Crippen LogP contribution in [0.1, 0.15) is 20.8 Å². The molecule has 0 aromatic rings. The van der Waals surface area contributed by atoms with Gasteiger partial charge in [-0.1, -0.05) is 6.58 Å². The molecule has 5 heteroatoms. The highest BCUT2D eigenvalue weighted by atomic mass is 19.3. The molecule has 0 fully saturated rings. The molecular formula is C9H14F2O3. The molecule has 82 valence electrons. The fourth-order valence-corrected chi connectivity index (χ4v) is 0.847. The van der Waals surface area contributed by atoms with Crippen molar-refractivity contribution in [1.82, 2.24) is 0 Å². The largest absolute Gasteiger partial charge is 0.480 e. The Balaban J connectivity index is 4.59. The maximum Gasteiger partial charge on any atom is 0.329 e. The van der Waals surface area contributed by atoms with Crippen molar-refractivity contribution >= 4 is 5.97 Å². The van der Waals surface area contributed by atoms with Crippen LogP contribution in [0.3, 0.4) is 0 Å². The van der Waals surface area contributed by atoms with E-state index in [2.05, 4.69) is 11.3 Å². The quantitative estimate of drug-likeness (QED) is 0.703. The van der Waals surface area contributed by atoms with Crippen molar-refractivity contribution in [2.45, 2.75) is 32.3 Å². The number of carboxylic acid groups (broad SMARTS) is 1. The summed E-state index contributed by atoms with van der Waals surface area (Å²) in [7, 11) is 0. The van der Waals surface area contributed by atoms with Gasteiger partial charge in [0.25, 0.3) is 5.92 Å². The standard InChI is InChI=1S/C9H14F2O3/c1-6(2)9(10,11)8(3,4)14-5-7(12)13/h1,5H2,2-4H3,(H,12,13). The van der Waals surface area contributed by atoms with Gasteiger partial charge in [-0.3, -0.25) is 0 Å². The lowest BCUT2D eigenvalue weighted by Crippen LogP contribution is -2.46. The number of halogens is 2. The highest BCUT2D eigenvalue weighted by molar-refractivity contribution is 5.68. The minimum Gasteiger partial charge on any atom is -0.480 e. The summed E-state index contributed by atoms with van der Waals surface area (Å²) >= 11 is 0. The smallest absolute Gasteiger partial charge is 0.329 e. The van der Waals surface area contributed by atoms with Crippen LogP contribution in [-0.4, -0.2) is 29.2 Å². The first kappa shape index (κ1) is 13.0. The summed E-state index contributed by atoms with van der Waals surface area (Å²) in [5, 5.41) is 8.29. The third-order valence-corrected chi connectivity index (χ3v) is 1.85. The SMILES string of the molecule is C=C(C)C(F)(F)C(C)(C)OCC(=O)O. The molecule has 0 atom stereocenters. The summed E-state index contributed by atoms with van der Waals surface area (Å²) in [6.07, 6.45) is 0. The van der Waals surface area contributed by atoms with Crippen LogP contribution in [0.2, 0.25) is 0 Å². The van der Waals surface area contributed by atoms with Gasteiger partial charge in [0.1, 0.15) is 12.2 Å². The molecule has 0 spiro atoms. The van der Waals surface area contributed by atoms with Crippen LogP contribution in [0.25, 0.3) is 0 Å². The van der Waals surface area contributed by atoms with Crippen LogP contribution < -0.4 is 0 Å². The predicted octanol–water partition coefficient (Wildman–Crippen LogP) is 2.08. The van der Waals surface area contributed by atoms with Gasteiger partial charge in [0.05, 0.1) is 0 Å². The number of aliphatic carboxylic acids is 1. The van der Waals surface area contributed by atoms with Crippen molar-refractivity contribution in [1.29, 1.82) is 0 Å². The van der Waals surface area contributed by atoms with Crippen molar-refractivity contribution in [3.8, 4) is 0 Å². The van der Waals surface area contributed by atoms with Gasteiger partial charge in [0.15, 0.2) is 0 Å². The molecule has 0 radical (unpaired) electrons. The first-order valence-corrected chi connectivity index (χ1v) is 4.01. The number of carbonyl (C=O) groups is 1. The van der Waals surface area contributed by atoms with Crippen molar-refractivity contribution in [3.63, 3.8) is 0 Å². The summed E-state index contributed by atoms with van der Waals surface area (Å²) < 4.78 is 31.3. The Morgan fingerprint density at radius 1 is 1.50 bits per heavy atom. The molecule has 14 heavy (non-hydrogen) atoms. The van der Waals surface area contributed by atoms with Crippen LogP contribution >= 0.6 is 0 Å². The first-order chi connectivity index (χ1) is 6.11. The van der Waals surface area contributed by atoms with Gasteiger partial charge in [-0.05, 0) is 26.3 Å². The second-order valence-electron chi connectivity index (χ2n) is 3.55. The molecule has 1 N–H and O–H groups in total. The van der Waals surface area contributed by atoms with Gasteiger partial charge in [-0.25, -0.2) is 4.79 Å². The van der Waals surface area contributed by atoms with Crippen molar-refractivity contribution in [3.05, 3.63) is 12.2 Å². The maximum atomic E-state index is 13.4. The zero-order valence-corrected chi connectivity index (χ0v) is 8.43. The first-order valence-electron chi connectivity index (χ1n) is 4.01. The molecule has 0 amide bonds. The summed E-state index contributed by atoms with van der Waals surface area (Å²) in [5.74, 6) is -4.53. The molecule has 0 bridgehead atoms. The Bertz CT molecular complexity index is 246. The summed E-state index contributed by atoms with van der Waals surface area (Å²) in [4.78, 5) is 10.2. The summed E-state index contributed by atoms with van der Waals surface area (Å²) in [5.41, 5.74) is -2.22. The van der Waals surface area contributed by atoms with Crippen LogP contribution in [0, 0.1) is 0 Å². The zero-order chi connectivity index (χ0) is 11.6. The molecular weight excluding hydrogens is 194 g/mol. The second-order valence-corrected chi connectivity index (χ2v) is 3.55. The van der Waals surface area contributed by atoms with E-state index in [1.54, 1.807) is 0 Å². The molecule has 0 rings (SSSR count). The Labute approximate surface area is 81.4 Å². The van der Waals surface area contributed by atoms with E-state index < -0.39 is 24.1 Å². The van der Waals surface area contributed by atoms with E-state index in [0.717, 1.165) is 13.8 Å². The highest BCUT2D eigenvalue weighted by Crippen LogP contribution is 2.36. The molecule has 0 saturated heterocycles. The van der Waals surface area contributed by atoms with Gasteiger partial charge in [0.2, 0.25) is 0 Å². The number of ether oxygens (including phenoxy) is 1. The summed E-state index contributed by atoms with van der Waals surface area (Å²) in [6.45, 7) is 5.82. The normalized spacial score (nSPS) is 12.6. The molecule has 0 aliphatic rings. The lowest BCUT2D eigenvalue weighted by atomic mass is 9.95. The van der Waals surface area contributed by atoms with Crippen LogP contribution in [0.5, 0.6) is 0 Å². The monoisotopic (exact) mass is 208 g/mol. The van der Waals surface area contributed by atoms with E-state index in [1.165, 1.54) is 6.92 Å².